The van der Waals surface area contributed by atoms with Crippen LogP contribution in [-0.2, 0) is 11.3 Å². The molecular formula is C15H23NO2S. The van der Waals surface area contributed by atoms with E-state index in [1.807, 2.05) is 23.9 Å². The zero-order chi connectivity index (χ0) is 14.1. The Hall–Kier alpha value is -1.00. The molecule has 1 rings (SSSR count). The molecule has 0 aliphatic rings. The minimum Gasteiger partial charge on any atom is -0.465 e. The monoisotopic (exact) mass is 281 g/mol. The molecule has 1 aromatic carbocycles. The minimum absolute atomic E-state index is 0.288. The highest BCUT2D eigenvalue weighted by Gasteiger charge is 2.05. The van der Waals surface area contributed by atoms with Crippen LogP contribution in [0.25, 0.3) is 0 Å². The van der Waals surface area contributed by atoms with Gasteiger partial charge in [0.2, 0.25) is 0 Å². The first-order valence-corrected chi connectivity index (χ1v) is 7.81. The fourth-order valence-electron chi connectivity index (χ4n) is 1.68. The molecular weight excluding hydrogens is 258 g/mol. The number of ether oxygens (including phenoxy) is 1. The summed E-state index contributed by atoms with van der Waals surface area (Å²) in [6.07, 6.45) is 1.18. The Kier molecular flexibility index (Phi) is 7.60. The predicted octanol–water partition coefficient (Wildman–Crippen LogP) is 3.09. The zero-order valence-corrected chi connectivity index (χ0v) is 12.8. The van der Waals surface area contributed by atoms with Gasteiger partial charge in [0.05, 0.1) is 12.7 Å². The highest BCUT2D eigenvalue weighted by atomic mass is 32.2. The lowest BCUT2D eigenvalue weighted by molar-refractivity contribution is 0.0600. The van der Waals surface area contributed by atoms with Crippen molar-refractivity contribution in [2.75, 3.05) is 18.6 Å². The Bertz CT molecular complexity index is 378. The van der Waals surface area contributed by atoms with Crippen LogP contribution in [0.3, 0.4) is 0 Å². The molecule has 0 aromatic heterocycles. The summed E-state index contributed by atoms with van der Waals surface area (Å²) in [6, 6.07) is 8.06. The molecule has 0 spiro atoms. The first-order valence-electron chi connectivity index (χ1n) is 6.65. The van der Waals surface area contributed by atoms with Gasteiger partial charge in [0.1, 0.15) is 0 Å². The van der Waals surface area contributed by atoms with E-state index < -0.39 is 0 Å². The molecule has 19 heavy (non-hydrogen) atoms. The van der Waals surface area contributed by atoms with Crippen molar-refractivity contribution in [2.24, 2.45) is 0 Å². The lowest BCUT2D eigenvalue weighted by Gasteiger charge is -2.13. The van der Waals surface area contributed by atoms with Gasteiger partial charge < -0.3 is 10.1 Å². The van der Waals surface area contributed by atoms with Crippen LogP contribution in [0, 0.1) is 0 Å². The van der Waals surface area contributed by atoms with E-state index in [9.17, 15) is 4.79 Å². The quantitative estimate of drug-likeness (QED) is 0.587. The van der Waals surface area contributed by atoms with Crippen molar-refractivity contribution in [3.05, 3.63) is 35.4 Å². The minimum atomic E-state index is -0.288. The second-order valence-corrected chi connectivity index (χ2v) is 5.85. The maximum atomic E-state index is 11.3. The lowest BCUT2D eigenvalue weighted by Crippen LogP contribution is -2.26. The molecule has 0 amide bonds. The maximum absolute atomic E-state index is 11.3. The van der Waals surface area contributed by atoms with Crippen LogP contribution in [-0.4, -0.2) is 30.6 Å². The lowest BCUT2D eigenvalue weighted by atomic mass is 10.1. The smallest absolute Gasteiger partial charge is 0.337 e. The average molecular weight is 281 g/mol. The molecule has 1 unspecified atom stereocenters. The van der Waals surface area contributed by atoms with E-state index in [2.05, 4.69) is 23.9 Å². The highest BCUT2D eigenvalue weighted by Crippen LogP contribution is 2.07. The number of carbonyl (C=O) groups excluding carboxylic acids is 1. The van der Waals surface area contributed by atoms with Gasteiger partial charge in [-0.3, -0.25) is 0 Å². The van der Waals surface area contributed by atoms with Crippen LogP contribution in [0.4, 0.5) is 0 Å². The molecule has 4 heteroatoms. The van der Waals surface area contributed by atoms with Crippen LogP contribution in [0.2, 0.25) is 0 Å². The summed E-state index contributed by atoms with van der Waals surface area (Å²) in [4.78, 5) is 11.3. The van der Waals surface area contributed by atoms with E-state index in [-0.39, 0.29) is 5.97 Å². The van der Waals surface area contributed by atoms with Gasteiger partial charge in [-0.25, -0.2) is 4.79 Å². The summed E-state index contributed by atoms with van der Waals surface area (Å²) < 4.78 is 4.67. The topological polar surface area (TPSA) is 38.3 Å². The fraction of sp³-hybridized carbons (Fsp3) is 0.533. The van der Waals surface area contributed by atoms with E-state index >= 15 is 0 Å². The number of carbonyl (C=O) groups is 1. The van der Waals surface area contributed by atoms with Crippen LogP contribution >= 0.6 is 11.8 Å². The summed E-state index contributed by atoms with van der Waals surface area (Å²) in [5.41, 5.74) is 1.78. The Morgan fingerprint density at radius 3 is 2.63 bits per heavy atom. The third-order valence-corrected chi connectivity index (χ3v) is 3.86. The molecule has 0 saturated carbocycles. The van der Waals surface area contributed by atoms with Crippen molar-refractivity contribution in [1.82, 2.24) is 5.32 Å². The Morgan fingerprint density at radius 1 is 1.37 bits per heavy atom. The second-order valence-electron chi connectivity index (χ2n) is 4.46. The molecule has 3 nitrogen and oxygen atoms in total. The van der Waals surface area contributed by atoms with Crippen LogP contribution in [0.15, 0.2) is 24.3 Å². The van der Waals surface area contributed by atoms with Gasteiger partial charge in [-0.15, -0.1) is 0 Å². The van der Waals surface area contributed by atoms with E-state index in [1.165, 1.54) is 30.6 Å². The van der Waals surface area contributed by atoms with Gasteiger partial charge in [0.25, 0.3) is 0 Å². The van der Waals surface area contributed by atoms with Gasteiger partial charge >= 0.3 is 5.97 Å². The number of benzene rings is 1. The SMILES string of the molecule is CCSCCC(C)NCc1ccc(C(=O)OC)cc1. The number of rotatable bonds is 8. The largest absolute Gasteiger partial charge is 0.465 e. The van der Waals surface area contributed by atoms with Crippen molar-refractivity contribution in [3.8, 4) is 0 Å². The molecule has 106 valence electrons. The van der Waals surface area contributed by atoms with Crippen molar-refractivity contribution in [1.29, 1.82) is 0 Å². The fourth-order valence-corrected chi connectivity index (χ4v) is 2.48. The van der Waals surface area contributed by atoms with Gasteiger partial charge in [0.15, 0.2) is 0 Å². The normalized spacial score (nSPS) is 12.2. The Balaban J connectivity index is 2.35. The summed E-state index contributed by atoms with van der Waals surface area (Å²) >= 11 is 1.97. The van der Waals surface area contributed by atoms with Gasteiger partial charge in [-0.2, -0.15) is 11.8 Å². The number of nitrogens with one attached hydrogen (secondary N) is 1. The van der Waals surface area contributed by atoms with Crippen molar-refractivity contribution < 1.29 is 9.53 Å². The summed E-state index contributed by atoms with van der Waals surface area (Å²) in [5, 5.41) is 3.49. The third-order valence-electron chi connectivity index (χ3n) is 2.93. The van der Waals surface area contributed by atoms with Crippen LogP contribution < -0.4 is 5.32 Å². The van der Waals surface area contributed by atoms with E-state index in [4.69, 9.17) is 0 Å². The molecule has 1 aromatic rings. The Morgan fingerprint density at radius 2 is 2.05 bits per heavy atom. The number of esters is 1. The average Bonchev–Trinajstić information content (AvgIpc) is 2.45. The van der Waals surface area contributed by atoms with E-state index in [0.29, 0.717) is 11.6 Å². The van der Waals surface area contributed by atoms with Crippen molar-refractivity contribution in [3.63, 3.8) is 0 Å². The molecule has 0 heterocycles. The molecule has 0 aliphatic heterocycles. The number of methoxy groups -OCH3 is 1. The molecule has 0 aliphatic carbocycles. The van der Waals surface area contributed by atoms with Crippen LogP contribution in [0.1, 0.15) is 36.2 Å². The molecule has 0 saturated heterocycles. The molecule has 0 fully saturated rings. The summed E-state index contributed by atoms with van der Waals surface area (Å²) in [6.45, 7) is 5.23. The van der Waals surface area contributed by atoms with Crippen molar-refractivity contribution in [2.45, 2.75) is 32.9 Å². The summed E-state index contributed by atoms with van der Waals surface area (Å²) in [7, 11) is 1.40. The van der Waals surface area contributed by atoms with Crippen molar-refractivity contribution >= 4 is 17.7 Å². The molecule has 0 radical (unpaired) electrons. The van der Waals surface area contributed by atoms with Gasteiger partial charge in [-0.05, 0) is 42.5 Å². The predicted molar refractivity (Wildman–Crippen MR) is 81.7 cm³/mol. The molecule has 0 bridgehead atoms. The molecule has 1 N–H and O–H groups in total. The van der Waals surface area contributed by atoms with Gasteiger partial charge in [0, 0.05) is 12.6 Å². The summed E-state index contributed by atoms with van der Waals surface area (Å²) in [5.74, 6) is 2.10. The zero-order valence-electron chi connectivity index (χ0n) is 11.9. The van der Waals surface area contributed by atoms with E-state index in [0.717, 1.165) is 6.54 Å². The third kappa shape index (κ3) is 6.12. The van der Waals surface area contributed by atoms with Crippen LogP contribution in [0.5, 0.6) is 0 Å². The number of thioether (sulfide) groups is 1. The number of hydrogen-bond acceptors (Lipinski definition) is 4. The standard InChI is InChI=1S/C15H23NO2S/c1-4-19-10-9-12(2)16-11-13-5-7-14(8-6-13)15(17)18-3/h5-8,12,16H,4,9-11H2,1-3H3. The number of hydrogen-bond donors (Lipinski definition) is 1. The first-order chi connectivity index (χ1) is 9.17. The second kappa shape index (κ2) is 8.99. The molecule has 1 atom stereocenters. The highest BCUT2D eigenvalue weighted by molar-refractivity contribution is 7.99. The first kappa shape index (κ1) is 16.1. The van der Waals surface area contributed by atoms with E-state index in [1.54, 1.807) is 12.1 Å². The maximum Gasteiger partial charge on any atom is 0.337 e. The Labute approximate surface area is 120 Å². The van der Waals surface area contributed by atoms with Gasteiger partial charge in [-0.1, -0.05) is 19.1 Å².